The Labute approximate surface area is 112 Å². The molecule has 2 unspecified atom stereocenters. The van der Waals surface area contributed by atoms with Crippen LogP contribution >= 0.6 is 11.6 Å². The molecule has 0 radical (unpaired) electrons. The van der Waals surface area contributed by atoms with Crippen LogP contribution in [0.3, 0.4) is 0 Å². The molecule has 0 amide bonds. The van der Waals surface area contributed by atoms with E-state index < -0.39 is 0 Å². The number of ether oxygens (including phenoxy) is 1. The van der Waals surface area contributed by atoms with Gasteiger partial charge in [-0.3, -0.25) is 5.41 Å². The van der Waals surface area contributed by atoms with Crippen molar-refractivity contribution in [2.45, 2.75) is 25.5 Å². The van der Waals surface area contributed by atoms with Gasteiger partial charge in [0.25, 0.3) is 0 Å². The van der Waals surface area contributed by atoms with E-state index in [0.29, 0.717) is 16.6 Å². The lowest BCUT2D eigenvalue weighted by Crippen LogP contribution is -2.36. The van der Waals surface area contributed by atoms with Crippen molar-refractivity contribution in [2.24, 2.45) is 5.73 Å². The van der Waals surface area contributed by atoms with Crippen molar-refractivity contribution < 1.29 is 4.74 Å². The Hall–Kier alpha value is -1.26. The molecule has 1 fully saturated rings. The number of nitrogen functional groups attached to an aromatic ring is 1. The van der Waals surface area contributed by atoms with E-state index in [1.165, 1.54) is 0 Å². The molecule has 5 heteroatoms. The van der Waals surface area contributed by atoms with Gasteiger partial charge < -0.3 is 15.4 Å². The van der Waals surface area contributed by atoms with E-state index in [4.69, 9.17) is 27.5 Å². The second-order valence-corrected chi connectivity index (χ2v) is 5.03. The van der Waals surface area contributed by atoms with Crippen LogP contribution in [0.2, 0.25) is 5.02 Å². The predicted molar refractivity (Wildman–Crippen MR) is 74.7 cm³/mol. The number of likely N-dealkylation sites (N-methyl/N-ethyl adjacent to an activating group) is 1. The van der Waals surface area contributed by atoms with Crippen LogP contribution in [0.4, 0.5) is 5.69 Å². The van der Waals surface area contributed by atoms with Gasteiger partial charge in [-0.2, -0.15) is 0 Å². The summed E-state index contributed by atoms with van der Waals surface area (Å²) in [6.45, 7) is 2.88. The first kappa shape index (κ1) is 13.2. The minimum atomic E-state index is -0.00762. The molecular weight excluding hydrogens is 250 g/mol. The Kier molecular flexibility index (Phi) is 3.78. The smallest absolute Gasteiger partial charge is 0.124 e. The summed E-state index contributed by atoms with van der Waals surface area (Å²) in [5.74, 6) is -0.00762. The maximum absolute atomic E-state index is 7.41. The third-order valence-electron chi connectivity index (χ3n) is 3.48. The Morgan fingerprint density at radius 2 is 2.28 bits per heavy atom. The molecule has 1 aromatic rings. The van der Waals surface area contributed by atoms with Gasteiger partial charge in [-0.1, -0.05) is 11.6 Å². The van der Waals surface area contributed by atoms with Gasteiger partial charge in [-0.15, -0.1) is 0 Å². The van der Waals surface area contributed by atoms with Gasteiger partial charge >= 0.3 is 0 Å². The minimum absolute atomic E-state index is 0.00762. The van der Waals surface area contributed by atoms with Crippen LogP contribution in [0.15, 0.2) is 18.2 Å². The Balaban J connectivity index is 2.23. The zero-order chi connectivity index (χ0) is 13.3. The van der Waals surface area contributed by atoms with Gasteiger partial charge in [0.05, 0.1) is 17.2 Å². The maximum Gasteiger partial charge on any atom is 0.124 e. The van der Waals surface area contributed by atoms with Crippen molar-refractivity contribution in [2.75, 3.05) is 18.6 Å². The van der Waals surface area contributed by atoms with Crippen LogP contribution in [-0.4, -0.2) is 31.6 Å². The highest BCUT2D eigenvalue weighted by atomic mass is 35.5. The molecule has 4 nitrogen and oxygen atoms in total. The highest BCUT2D eigenvalue weighted by molar-refractivity contribution is 6.34. The molecule has 1 heterocycles. The van der Waals surface area contributed by atoms with Gasteiger partial charge in [-0.05, 0) is 31.5 Å². The van der Waals surface area contributed by atoms with E-state index >= 15 is 0 Å². The topological polar surface area (TPSA) is 62.3 Å². The third-order valence-corrected chi connectivity index (χ3v) is 3.80. The standard InChI is InChI=1S/C13H18ClN3O/c1-8-12(5-6-18-8)17(2)9-3-4-10(13(15)16)11(14)7-9/h3-4,7-8,12H,5-6H2,1-2H3,(H3,15,16). The van der Waals surface area contributed by atoms with Crippen LogP contribution in [0.5, 0.6) is 0 Å². The number of amidine groups is 1. The van der Waals surface area contributed by atoms with Gasteiger partial charge in [0.2, 0.25) is 0 Å². The van der Waals surface area contributed by atoms with E-state index in [-0.39, 0.29) is 11.9 Å². The lowest BCUT2D eigenvalue weighted by molar-refractivity contribution is 0.118. The van der Waals surface area contributed by atoms with E-state index in [9.17, 15) is 0 Å². The summed E-state index contributed by atoms with van der Waals surface area (Å²) in [4.78, 5) is 2.17. The number of rotatable bonds is 3. The molecule has 0 spiro atoms. The lowest BCUT2D eigenvalue weighted by Gasteiger charge is -2.29. The van der Waals surface area contributed by atoms with Gasteiger partial charge in [0, 0.05) is 24.9 Å². The van der Waals surface area contributed by atoms with Crippen molar-refractivity contribution in [1.82, 2.24) is 0 Å². The normalized spacial score (nSPS) is 23.1. The number of nitrogens with one attached hydrogen (secondary N) is 1. The fourth-order valence-corrected chi connectivity index (χ4v) is 2.64. The maximum atomic E-state index is 7.41. The monoisotopic (exact) mass is 267 g/mol. The molecular formula is C13H18ClN3O. The van der Waals surface area contributed by atoms with Crippen LogP contribution < -0.4 is 10.6 Å². The number of halogens is 1. The first-order chi connectivity index (χ1) is 8.50. The van der Waals surface area contributed by atoms with Crippen molar-refractivity contribution in [3.8, 4) is 0 Å². The summed E-state index contributed by atoms with van der Waals surface area (Å²) in [5, 5.41) is 7.93. The lowest BCUT2D eigenvalue weighted by atomic mass is 10.1. The van der Waals surface area contributed by atoms with Crippen molar-refractivity contribution >= 4 is 23.1 Å². The van der Waals surface area contributed by atoms with Crippen molar-refractivity contribution in [3.63, 3.8) is 0 Å². The second-order valence-electron chi connectivity index (χ2n) is 4.62. The highest BCUT2D eigenvalue weighted by Gasteiger charge is 2.28. The van der Waals surface area contributed by atoms with Gasteiger partial charge in [-0.25, -0.2) is 0 Å². The summed E-state index contributed by atoms with van der Waals surface area (Å²) in [6.07, 6.45) is 1.24. The summed E-state index contributed by atoms with van der Waals surface area (Å²) >= 11 is 6.13. The fourth-order valence-electron chi connectivity index (χ4n) is 2.36. The van der Waals surface area contributed by atoms with Crippen LogP contribution in [0.1, 0.15) is 18.9 Å². The third kappa shape index (κ3) is 2.44. The van der Waals surface area contributed by atoms with Crippen molar-refractivity contribution in [1.29, 1.82) is 5.41 Å². The van der Waals surface area contributed by atoms with Gasteiger partial charge in [0.1, 0.15) is 5.84 Å². The highest BCUT2D eigenvalue weighted by Crippen LogP contribution is 2.28. The molecule has 0 saturated carbocycles. The SMILES string of the molecule is CC1OCCC1N(C)c1ccc(C(=N)N)c(Cl)c1. The number of hydrogen-bond donors (Lipinski definition) is 2. The Bertz CT molecular complexity index is 464. The summed E-state index contributed by atoms with van der Waals surface area (Å²) in [7, 11) is 2.04. The van der Waals surface area contributed by atoms with Crippen molar-refractivity contribution in [3.05, 3.63) is 28.8 Å². The second kappa shape index (κ2) is 5.16. The Morgan fingerprint density at radius 3 is 2.78 bits per heavy atom. The minimum Gasteiger partial charge on any atom is -0.384 e. The molecule has 18 heavy (non-hydrogen) atoms. The molecule has 2 atom stereocenters. The zero-order valence-electron chi connectivity index (χ0n) is 10.6. The summed E-state index contributed by atoms with van der Waals surface area (Å²) in [5.41, 5.74) is 7.04. The zero-order valence-corrected chi connectivity index (χ0v) is 11.4. The quantitative estimate of drug-likeness (QED) is 0.652. The average molecular weight is 268 g/mol. The number of benzene rings is 1. The predicted octanol–water partition coefficient (Wildman–Crippen LogP) is 2.24. The van der Waals surface area contributed by atoms with Crippen LogP contribution in [-0.2, 0) is 4.74 Å². The number of hydrogen-bond acceptors (Lipinski definition) is 3. The molecule has 1 saturated heterocycles. The molecule has 98 valence electrons. The molecule has 0 aliphatic carbocycles. The van der Waals surface area contributed by atoms with E-state index in [1.54, 1.807) is 6.07 Å². The van der Waals surface area contributed by atoms with E-state index in [2.05, 4.69) is 11.8 Å². The molecule has 0 aromatic heterocycles. The average Bonchev–Trinajstić information content (AvgIpc) is 2.74. The molecule has 3 N–H and O–H groups in total. The molecule has 1 aromatic carbocycles. The first-order valence-corrected chi connectivity index (χ1v) is 6.37. The number of anilines is 1. The fraction of sp³-hybridized carbons (Fsp3) is 0.462. The molecule has 1 aliphatic rings. The first-order valence-electron chi connectivity index (χ1n) is 5.99. The Morgan fingerprint density at radius 1 is 1.56 bits per heavy atom. The van der Waals surface area contributed by atoms with Crippen LogP contribution in [0, 0.1) is 5.41 Å². The van der Waals surface area contributed by atoms with E-state index in [1.807, 2.05) is 19.2 Å². The van der Waals surface area contributed by atoms with Crippen LogP contribution in [0.25, 0.3) is 0 Å². The summed E-state index contributed by atoms with van der Waals surface area (Å²) in [6, 6.07) is 5.94. The van der Waals surface area contributed by atoms with E-state index in [0.717, 1.165) is 18.7 Å². The molecule has 2 rings (SSSR count). The number of nitrogens with zero attached hydrogens (tertiary/aromatic N) is 1. The molecule has 0 bridgehead atoms. The largest absolute Gasteiger partial charge is 0.384 e. The molecule has 1 aliphatic heterocycles. The number of nitrogens with two attached hydrogens (primary N) is 1. The summed E-state index contributed by atoms with van der Waals surface area (Å²) < 4.78 is 5.57. The van der Waals surface area contributed by atoms with Gasteiger partial charge in [0.15, 0.2) is 0 Å².